The van der Waals surface area contributed by atoms with Gasteiger partial charge in [-0.1, -0.05) is 6.58 Å². The third kappa shape index (κ3) is 2.85. The molecule has 0 saturated carbocycles. The van der Waals surface area contributed by atoms with E-state index >= 15 is 0 Å². The average molecular weight is 276 g/mol. The van der Waals surface area contributed by atoms with Crippen LogP contribution in [0.15, 0.2) is 18.9 Å². The zero-order chi connectivity index (χ0) is 14.7. The van der Waals surface area contributed by atoms with Gasteiger partial charge >= 0.3 is 0 Å². The quantitative estimate of drug-likeness (QED) is 0.627. The van der Waals surface area contributed by atoms with Gasteiger partial charge in [-0.2, -0.15) is 4.98 Å². The number of carbonyl (C=O) groups is 2. The van der Waals surface area contributed by atoms with E-state index in [9.17, 15) is 9.59 Å². The fraction of sp³-hybridized carbons (Fsp3) is 0.333. The summed E-state index contributed by atoms with van der Waals surface area (Å²) in [4.78, 5) is 32.1. The van der Waals surface area contributed by atoms with E-state index in [-0.39, 0.29) is 23.3 Å². The first kappa shape index (κ1) is 13.8. The number of aromatic nitrogens is 2. The molecule has 1 aromatic rings. The zero-order valence-electron chi connectivity index (χ0n) is 10.9. The highest BCUT2D eigenvalue weighted by molar-refractivity contribution is 5.96. The zero-order valence-corrected chi connectivity index (χ0v) is 10.9. The van der Waals surface area contributed by atoms with E-state index < -0.39 is 5.91 Å². The number of nitrogens with zero attached hydrogens (tertiary/aromatic N) is 3. The van der Waals surface area contributed by atoms with E-state index in [0.717, 1.165) is 6.42 Å². The maximum atomic E-state index is 11.5. The van der Waals surface area contributed by atoms with Gasteiger partial charge in [-0.05, 0) is 12.5 Å². The van der Waals surface area contributed by atoms with Crippen molar-refractivity contribution in [2.75, 3.05) is 24.1 Å². The van der Waals surface area contributed by atoms with Crippen molar-refractivity contribution in [3.63, 3.8) is 0 Å². The van der Waals surface area contributed by atoms with Crippen LogP contribution in [0.2, 0.25) is 0 Å². The number of carbonyl (C=O) groups excluding carboxylic acids is 2. The first-order chi connectivity index (χ1) is 9.51. The van der Waals surface area contributed by atoms with Gasteiger partial charge in [0.25, 0.3) is 5.91 Å². The van der Waals surface area contributed by atoms with E-state index in [0.29, 0.717) is 19.0 Å². The van der Waals surface area contributed by atoms with Crippen LogP contribution in [-0.4, -0.2) is 45.8 Å². The van der Waals surface area contributed by atoms with Gasteiger partial charge in [-0.3, -0.25) is 9.59 Å². The highest BCUT2D eigenvalue weighted by Gasteiger charge is 2.25. The molecule has 0 aliphatic carbocycles. The summed E-state index contributed by atoms with van der Waals surface area (Å²) in [5.41, 5.74) is 10.8. The summed E-state index contributed by atoms with van der Waals surface area (Å²) in [5.74, 6) is -0.422. The summed E-state index contributed by atoms with van der Waals surface area (Å²) >= 11 is 0. The van der Waals surface area contributed by atoms with E-state index in [1.165, 1.54) is 12.3 Å². The lowest BCUT2D eigenvalue weighted by Crippen LogP contribution is -2.30. The molecule has 8 heteroatoms. The number of nitrogens with two attached hydrogens (primary N) is 2. The Bertz CT molecular complexity index is 559. The summed E-state index contributed by atoms with van der Waals surface area (Å²) in [6.45, 7) is 4.65. The van der Waals surface area contributed by atoms with Crippen LogP contribution in [0, 0.1) is 0 Å². The van der Waals surface area contributed by atoms with Gasteiger partial charge in [0.1, 0.15) is 5.82 Å². The Morgan fingerprint density at radius 2 is 2.30 bits per heavy atom. The molecule has 1 saturated heterocycles. The number of hydrogen-bond acceptors (Lipinski definition) is 6. The maximum Gasteiger partial charge on any atom is 0.254 e. The molecule has 20 heavy (non-hydrogen) atoms. The molecular formula is C12H16N6O2. The monoisotopic (exact) mass is 276 g/mol. The highest BCUT2D eigenvalue weighted by atomic mass is 16.2. The molecule has 1 atom stereocenters. The number of nitrogens with one attached hydrogen (secondary N) is 1. The Kier molecular flexibility index (Phi) is 3.83. The van der Waals surface area contributed by atoms with Crippen LogP contribution in [-0.2, 0) is 4.79 Å². The van der Waals surface area contributed by atoms with E-state index in [1.54, 1.807) is 4.90 Å². The van der Waals surface area contributed by atoms with Gasteiger partial charge in [0, 0.05) is 25.3 Å². The molecule has 0 radical (unpaired) electrons. The number of likely N-dealkylation sites (tertiary alicyclic amines) is 1. The molecule has 1 aliphatic rings. The van der Waals surface area contributed by atoms with Crippen LogP contribution in [0.25, 0.3) is 0 Å². The van der Waals surface area contributed by atoms with Gasteiger partial charge in [-0.15, -0.1) is 0 Å². The molecular weight excluding hydrogens is 260 g/mol. The Hall–Kier alpha value is -2.64. The second-order valence-electron chi connectivity index (χ2n) is 4.48. The highest BCUT2D eigenvalue weighted by Crippen LogP contribution is 2.15. The Labute approximate surface area is 115 Å². The largest absolute Gasteiger partial charge is 0.383 e. The standard InChI is InChI=1S/C12H16N6O2/c1-2-9(19)18-4-3-7(6-18)16-12-15-5-8(11(14)20)10(13)17-12/h2,5,7H,1,3-4,6H2,(H2,14,20)(H3,13,15,16,17). The molecule has 0 bridgehead atoms. The normalized spacial score (nSPS) is 17.8. The third-order valence-electron chi connectivity index (χ3n) is 3.09. The Morgan fingerprint density at radius 3 is 2.90 bits per heavy atom. The lowest BCUT2D eigenvalue weighted by atomic mass is 10.2. The maximum absolute atomic E-state index is 11.5. The van der Waals surface area contributed by atoms with E-state index in [2.05, 4.69) is 21.9 Å². The molecule has 1 aromatic heterocycles. The molecule has 1 fully saturated rings. The summed E-state index contributed by atoms with van der Waals surface area (Å²) < 4.78 is 0. The minimum absolute atomic E-state index is 0.0343. The van der Waals surface area contributed by atoms with Crippen molar-refractivity contribution in [3.05, 3.63) is 24.4 Å². The van der Waals surface area contributed by atoms with Crippen molar-refractivity contribution >= 4 is 23.6 Å². The van der Waals surface area contributed by atoms with E-state index in [1.807, 2.05) is 0 Å². The third-order valence-corrected chi connectivity index (χ3v) is 3.09. The minimum Gasteiger partial charge on any atom is -0.383 e. The predicted molar refractivity (Wildman–Crippen MR) is 73.8 cm³/mol. The number of amides is 2. The van der Waals surface area contributed by atoms with Gasteiger partial charge in [0.2, 0.25) is 11.9 Å². The van der Waals surface area contributed by atoms with Gasteiger partial charge < -0.3 is 21.7 Å². The van der Waals surface area contributed by atoms with Gasteiger partial charge in [0.05, 0.1) is 5.56 Å². The molecule has 106 valence electrons. The molecule has 2 rings (SSSR count). The minimum atomic E-state index is -0.669. The van der Waals surface area contributed by atoms with Gasteiger partial charge in [0.15, 0.2) is 0 Å². The van der Waals surface area contributed by atoms with Crippen LogP contribution in [0.3, 0.4) is 0 Å². The molecule has 1 aliphatic heterocycles. The van der Waals surface area contributed by atoms with Gasteiger partial charge in [-0.25, -0.2) is 4.98 Å². The summed E-state index contributed by atoms with van der Waals surface area (Å²) in [5, 5.41) is 3.07. The lowest BCUT2D eigenvalue weighted by molar-refractivity contribution is -0.125. The van der Waals surface area contributed by atoms with E-state index in [4.69, 9.17) is 11.5 Å². The van der Waals surface area contributed by atoms with Crippen molar-refractivity contribution in [3.8, 4) is 0 Å². The number of anilines is 2. The van der Waals surface area contributed by atoms with Crippen LogP contribution >= 0.6 is 0 Å². The molecule has 2 heterocycles. The molecule has 5 N–H and O–H groups in total. The Morgan fingerprint density at radius 1 is 1.55 bits per heavy atom. The number of rotatable bonds is 4. The SMILES string of the molecule is C=CC(=O)N1CCC(Nc2ncc(C(N)=O)c(N)n2)C1. The molecule has 8 nitrogen and oxygen atoms in total. The fourth-order valence-electron chi connectivity index (χ4n) is 2.04. The number of nitrogen functional groups attached to an aromatic ring is 1. The molecule has 0 spiro atoms. The van der Waals surface area contributed by atoms with Crippen LogP contribution in [0.5, 0.6) is 0 Å². The summed E-state index contributed by atoms with van der Waals surface area (Å²) in [7, 11) is 0. The second kappa shape index (κ2) is 5.55. The van der Waals surface area contributed by atoms with Crippen molar-refractivity contribution in [2.45, 2.75) is 12.5 Å². The lowest BCUT2D eigenvalue weighted by Gasteiger charge is -2.15. The first-order valence-corrected chi connectivity index (χ1v) is 6.11. The fourth-order valence-corrected chi connectivity index (χ4v) is 2.04. The topological polar surface area (TPSA) is 127 Å². The first-order valence-electron chi connectivity index (χ1n) is 6.11. The predicted octanol–water partition coefficient (Wildman–Crippen LogP) is -0.643. The van der Waals surface area contributed by atoms with Crippen molar-refractivity contribution in [2.24, 2.45) is 5.73 Å². The number of hydrogen-bond donors (Lipinski definition) is 3. The second-order valence-corrected chi connectivity index (χ2v) is 4.48. The molecule has 2 amide bonds. The molecule has 0 aromatic carbocycles. The summed E-state index contributed by atoms with van der Waals surface area (Å²) in [6.07, 6.45) is 3.35. The average Bonchev–Trinajstić information content (AvgIpc) is 2.86. The molecule has 1 unspecified atom stereocenters. The van der Waals surface area contributed by atoms with Crippen molar-refractivity contribution in [1.82, 2.24) is 14.9 Å². The summed E-state index contributed by atoms with van der Waals surface area (Å²) in [6, 6.07) is 0.0396. The van der Waals surface area contributed by atoms with Crippen molar-refractivity contribution in [1.29, 1.82) is 0 Å². The number of primary amides is 1. The smallest absolute Gasteiger partial charge is 0.254 e. The van der Waals surface area contributed by atoms with Crippen molar-refractivity contribution < 1.29 is 9.59 Å². The van der Waals surface area contributed by atoms with Crippen LogP contribution in [0.4, 0.5) is 11.8 Å². The van der Waals surface area contributed by atoms with Crippen LogP contribution < -0.4 is 16.8 Å². The van der Waals surface area contributed by atoms with Crippen LogP contribution in [0.1, 0.15) is 16.8 Å². The Balaban J connectivity index is 2.01.